The molecule has 28 N–H and O–H groups in total. The van der Waals surface area contributed by atoms with E-state index in [1.807, 2.05) is 0 Å². The minimum absolute atomic E-state index is 0.00411. The molecule has 0 aromatic rings. The SMILES string of the molecule is NCCCC[C@H](NC(=O)[C@H](CCCCN)NC(=O)[C@@H]1CCCN1C(=O)[C@H](CCCN=C(N)N)NC(=O)CNC(=O)[C@H](CCCN=C(N)N)NC(=O)[C@@H]1CCCN1C(=O)[C@H](CCCCN)NC(=O)[C@@H](N)CCCN=C(N)N)C(N)=O. The summed E-state index contributed by atoms with van der Waals surface area (Å²) in [6, 6.07) is -8.68. The first-order valence-corrected chi connectivity index (χ1v) is 27.4. The Kier molecular flexibility index (Phi) is 32.4. The van der Waals surface area contributed by atoms with Gasteiger partial charge in [-0.3, -0.25) is 58.1 Å². The zero-order valence-electron chi connectivity index (χ0n) is 45.7. The number of nitrogens with one attached hydrogen (secondary N) is 6. The molecular formula is C48H92N22O9. The van der Waals surface area contributed by atoms with Crippen molar-refractivity contribution in [3.8, 4) is 0 Å². The van der Waals surface area contributed by atoms with E-state index in [0.717, 1.165) is 0 Å². The molecular weight excluding hydrogens is 1030 g/mol. The van der Waals surface area contributed by atoms with Crippen molar-refractivity contribution in [1.82, 2.24) is 41.7 Å². The zero-order chi connectivity index (χ0) is 58.9. The van der Waals surface area contributed by atoms with Gasteiger partial charge in [-0.15, -0.1) is 0 Å². The molecule has 0 aromatic carbocycles. The summed E-state index contributed by atoms with van der Waals surface area (Å²) in [6.07, 6.45) is 6.22. The van der Waals surface area contributed by atoms with Crippen molar-refractivity contribution in [1.29, 1.82) is 0 Å². The van der Waals surface area contributed by atoms with Gasteiger partial charge in [0.05, 0.1) is 12.6 Å². The Bertz CT molecular complexity index is 2070. The van der Waals surface area contributed by atoms with Crippen molar-refractivity contribution in [3.05, 3.63) is 0 Å². The second-order valence-electron chi connectivity index (χ2n) is 19.7. The van der Waals surface area contributed by atoms with Crippen molar-refractivity contribution in [2.75, 3.05) is 58.9 Å². The zero-order valence-corrected chi connectivity index (χ0v) is 45.7. The summed E-state index contributed by atoms with van der Waals surface area (Å²) in [7, 11) is 0. The summed E-state index contributed by atoms with van der Waals surface area (Å²) < 4.78 is 0. The molecule has 2 rings (SSSR count). The third-order valence-corrected chi connectivity index (χ3v) is 13.3. The van der Waals surface area contributed by atoms with Crippen molar-refractivity contribution < 1.29 is 43.2 Å². The number of unbranched alkanes of at least 4 members (excludes halogenated alkanes) is 3. The van der Waals surface area contributed by atoms with Gasteiger partial charge in [0.2, 0.25) is 53.2 Å². The summed E-state index contributed by atoms with van der Waals surface area (Å²) in [5.74, 6) is -6.43. The second-order valence-corrected chi connectivity index (χ2v) is 19.7. The van der Waals surface area contributed by atoms with Crippen LogP contribution in [0.4, 0.5) is 0 Å². The number of hydrogen-bond donors (Lipinski definition) is 17. The lowest BCUT2D eigenvalue weighted by Gasteiger charge is -2.30. The van der Waals surface area contributed by atoms with Crippen molar-refractivity contribution in [2.45, 2.75) is 170 Å². The van der Waals surface area contributed by atoms with E-state index in [0.29, 0.717) is 77.4 Å². The molecule has 0 unspecified atom stereocenters. The number of hydrogen-bond acceptors (Lipinski definition) is 16. The third kappa shape index (κ3) is 25.9. The average Bonchev–Trinajstić information content (AvgIpc) is 4.11. The van der Waals surface area contributed by atoms with Crippen LogP contribution in [-0.4, -0.2) is 188 Å². The first kappa shape index (κ1) is 68.0. The monoisotopic (exact) mass is 1120 g/mol. The normalized spacial score (nSPS) is 17.1. The van der Waals surface area contributed by atoms with E-state index in [4.69, 9.17) is 63.1 Å². The molecule has 2 heterocycles. The highest BCUT2D eigenvalue weighted by Gasteiger charge is 2.41. The Hall–Kier alpha value is -7.12. The highest BCUT2D eigenvalue weighted by Crippen LogP contribution is 2.22. The Balaban J connectivity index is 2.29. The third-order valence-electron chi connectivity index (χ3n) is 13.3. The summed E-state index contributed by atoms with van der Waals surface area (Å²) in [5, 5.41) is 16.1. The van der Waals surface area contributed by atoms with E-state index >= 15 is 0 Å². The van der Waals surface area contributed by atoms with E-state index in [-0.39, 0.29) is 115 Å². The van der Waals surface area contributed by atoms with Crippen molar-refractivity contribution in [2.24, 2.45) is 78.0 Å². The Morgan fingerprint density at radius 3 is 1.27 bits per heavy atom. The highest BCUT2D eigenvalue weighted by atomic mass is 16.2. The van der Waals surface area contributed by atoms with E-state index < -0.39 is 108 Å². The van der Waals surface area contributed by atoms with Gasteiger partial charge in [0.1, 0.15) is 42.3 Å². The molecule has 448 valence electrons. The van der Waals surface area contributed by atoms with Gasteiger partial charge in [-0.05, 0) is 142 Å². The predicted octanol–water partition coefficient (Wildman–Crippen LogP) is -7.13. The molecule has 2 fully saturated rings. The fourth-order valence-electron chi connectivity index (χ4n) is 9.10. The topological polar surface area (TPSA) is 556 Å². The van der Waals surface area contributed by atoms with E-state index in [2.05, 4.69) is 46.9 Å². The summed E-state index contributed by atoms with van der Waals surface area (Å²) >= 11 is 0. The van der Waals surface area contributed by atoms with Gasteiger partial charge < -0.3 is 105 Å². The average molecular weight is 1120 g/mol. The predicted molar refractivity (Wildman–Crippen MR) is 298 cm³/mol. The number of guanidine groups is 3. The Labute approximate surface area is 462 Å². The van der Waals surface area contributed by atoms with Crippen LogP contribution in [-0.2, 0) is 43.2 Å². The fourth-order valence-corrected chi connectivity index (χ4v) is 9.10. The number of amides is 9. The van der Waals surface area contributed by atoms with Gasteiger partial charge >= 0.3 is 0 Å². The maximum Gasteiger partial charge on any atom is 0.245 e. The van der Waals surface area contributed by atoms with E-state index in [1.54, 1.807) is 0 Å². The second kappa shape index (κ2) is 37.7. The molecule has 0 aliphatic carbocycles. The van der Waals surface area contributed by atoms with Crippen LogP contribution < -0.4 is 95.0 Å². The lowest BCUT2D eigenvalue weighted by atomic mass is 10.0. The molecule has 31 heteroatoms. The van der Waals surface area contributed by atoms with E-state index in [1.165, 1.54) is 9.80 Å². The molecule has 2 aliphatic heterocycles. The molecule has 0 radical (unpaired) electrons. The summed E-state index contributed by atoms with van der Waals surface area (Å²) in [4.78, 5) is 138. The number of nitrogens with zero attached hydrogens (tertiary/aromatic N) is 5. The molecule has 0 spiro atoms. The van der Waals surface area contributed by atoms with Crippen LogP contribution in [0.3, 0.4) is 0 Å². The van der Waals surface area contributed by atoms with Gasteiger partial charge in [-0.2, -0.15) is 0 Å². The number of carbonyl (C=O) groups excluding carboxylic acids is 9. The van der Waals surface area contributed by atoms with Crippen molar-refractivity contribution >= 4 is 71.0 Å². The quantitative estimate of drug-likeness (QED) is 0.0154. The number of likely N-dealkylation sites (tertiary alicyclic amines) is 2. The fraction of sp³-hybridized carbons (Fsp3) is 0.750. The molecule has 2 saturated heterocycles. The number of rotatable bonds is 39. The molecule has 0 bridgehead atoms. The smallest absolute Gasteiger partial charge is 0.245 e. The number of aliphatic imine (C=N–C) groups is 3. The molecule has 8 atom stereocenters. The van der Waals surface area contributed by atoms with Crippen LogP contribution in [0, 0.1) is 0 Å². The van der Waals surface area contributed by atoms with Gasteiger partial charge in [0.25, 0.3) is 0 Å². The number of carbonyl (C=O) groups is 9. The van der Waals surface area contributed by atoms with Crippen LogP contribution in [0.15, 0.2) is 15.0 Å². The summed E-state index contributed by atoms with van der Waals surface area (Å²) in [6.45, 7) is 1.16. The van der Waals surface area contributed by atoms with Crippen LogP contribution in [0.5, 0.6) is 0 Å². The molecule has 79 heavy (non-hydrogen) atoms. The Morgan fingerprint density at radius 1 is 0.443 bits per heavy atom. The molecule has 0 aromatic heterocycles. The number of nitrogens with two attached hydrogens (primary N) is 11. The first-order valence-electron chi connectivity index (χ1n) is 27.4. The molecule has 0 saturated carbocycles. The standard InChI is InChI=1S/C48H92N22O9/c49-20-4-1-13-30(38(53)72)65-41(75)32(14-2-5-21-50)67-43(77)36-19-10-26-69(36)44(78)33(17-9-25-62-48(58)59)64-37(71)28-63-40(74)31(16-8-24-61-47(56)57)66-42(76)35-18-11-27-70(35)45(79)34(15-3-6-22-51)68-39(73)29(52)12-7-23-60-46(54)55/h29-36H,1-28,49-52H2,(H2,53,72)(H,63,74)(H,64,71)(H,65,75)(H,66,76)(H,67,77)(H,68,73)(H4,54,55,60)(H4,56,57,61)(H4,58,59,62)/t29-,30-,31-,32-,33-,34-,35-,36-/m0/s1. The van der Waals surface area contributed by atoms with E-state index in [9.17, 15) is 43.2 Å². The lowest BCUT2D eigenvalue weighted by molar-refractivity contribution is -0.142. The van der Waals surface area contributed by atoms with Gasteiger partial charge in [-0.25, -0.2) is 0 Å². The molecule has 31 nitrogen and oxygen atoms in total. The minimum Gasteiger partial charge on any atom is -0.370 e. The van der Waals surface area contributed by atoms with Crippen molar-refractivity contribution in [3.63, 3.8) is 0 Å². The van der Waals surface area contributed by atoms with Gasteiger partial charge in [0.15, 0.2) is 17.9 Å². The van der Waals surface area contributed by atoms with Crippen LogP contribution in [0.1, 0.15) is 122 Å². The highest BCUT2D eigenvalue weighted by molar-refractivity contribution is 5.98. The van der Waals surface area contributed by atoms with Crippen LogP contribution in [0.25, 0.3) is 0 Å². The summed E-state index contributed by atoms with van der Waals surface area (Å²) in [5.41, 5.74) is 61.6. The van der Waals surface area contributed by atoms with Crippen LogP contribution >= 0.6 is 0 Å². The Morgan fingerprint density at radius 2 is 0.823 bits per heavy atom. The maximum atomic E-state index is 14.4. The molecule has 9 amide bonds. The van der Waals surface area contributed by atoms with Crippen LogP contribution in [0.2, 0.25) is 0 Å². The van der Waals surface area contributed by atoms with Gasteiger partial charge in [0, 0.05) is 32.7 Å². The first-order chi connectivity index (χ1) is 37.6. The lowest BCUT2D eigenvalue weighted by Crippen LogP contribution is -2.58. The maximum absolute atomic E-state index is 14.4. The largest absolute Gasteiger partial charge is 0.370 e. The number of primary amides is 1. The minimum atomic E-state index is -1.26. The molecule has 2 aliphatic rings. The van der Waals surface area contributed by atoms with Gasteiger partial charge in [-0.1, -0.05) is 0 Å².